The molecule has 0 radical (unpaired) electrons. The number of carbonyl (C=O) groups is 1. The molecule has 152 valence electrons. The highest BCUT2D eigenvalue weighted by Gasteiger charge is 2.14. The topological polar surface area (TPSA) is 94.1 Å². The quantitative estimate of drug-likeness (QED) is 0.387. The van der Waals surface area contributed by atoms with Gasteiger partial charge in [-0.05, 0) is 43.3 Å². The van der Waals surface area contributed by atoms with Gasteiger partial charge in [0.25, 0.3) is 11.8 Å². The number of hydrogen-bond acceptors (Lipinski definition) is 7. The molecule has 0 aliphatic carbocycles. The number of carbonyl (C=O) groups excluding carboxylic acids is 1. The van der Waals surface area contributed by atoms with E-state index in [9.17, 15) is 4.79 Å². The van der Waals surface area contributed by atoms with Gasteiger partial charge < -0.3 is 14.3 Å². The molecule has 5 rings (SSSR count). The smallest absolute Gasteiger partial charge is 0.291 e. The zero-order valence-electron chi connectivity index (χ0n) is 16.4. The van der Waals surface area contributed by atoms with Gasteiger partial charge in [-0.3, -0.25) is 4.79 Å². The SMILES string of the molecule is Cc1nc(-c2cccc(-c3noc(-c4cccc(NC(=O)c5ccco5)c4)n3)c2)cs1. The molecule has 0 saturated heterocycles. The molecule has 0 aliphatic heterocycles. The van der Waals surface area contributed by atoms with Gasteiger partial charge in [-0.15, -0.1) is 11.3 Å². The predicted molar refractivity (Wildman–Crippen MR) is 118 cm³/mol. The van der Waals surface area contributed by atoms with Crippen LogP contribution >= 0.6 is 11.3 Å². The highest BCUT2D eigenvalue weighted by atomic mass is 32.1. The molecular formula is C23H16N4O3S. The maximum absolute atomic E-state index is 12.2. The Kier molecular flexibility index (Phi) is 4.89. The Morgan fingerprint density at radius 2 is 1.81 bits per heavy atom. The van der Waals surface area contributed by atoms with Crippen molar-refractivity contribution in [2.45, 2.75) is 6.92 Å². The molecule has 3 heterocycles. The second kappa shape index (κ2) is 8.00. The van der Waals surface area contributed by atoms with Crippen molar-refractivity contribution >= 4 is 22.9 Å². The van der Waals surface area contributed by atoms with E-state index in [1.807, 2.05) is 48.7 Å². The number of hydrogen-bond donors (Lipinski definition) is 1. The van der Waals surface area contributed by atoms with Gasteiger partial charge >= 0.3 is 0 Å². The number of nitrogens with zero attached hydrogens (tertiary/aromatic N) is 3. The molecule has 0 spiro atoms. The Bertz CT molecular complexity index is 1350. The van der Waals surface area contributed by atoms with Gasteiger partial charge in [0, 0.05) is 27.8 Å². The van der Waals surface area contributed by atoms with Crippen LogP contribution in [0.2, 0.25) is 0 Å². The van der Waals surface area contributed by atoms with Crippen LogP contribution in [-0.2, 0) is 0 Å². The summed E-state index contributed by atoms with van der Waals surface area (Å²) in [4.78, 5) is 21.3. The van der Waals surface area contributed by atoms with Gasteiger partial charge in [-0.25, -0.2) is 4.98 Å². The fourth-order valence-electron chi connectivity index (χ4n) is 3.10. The van der Waals surface area contributed by atoms with E-state index < -0.39 is 0 Å². The summed E-state index contributed by atoms with van der Waals surface area (Å²) in [5.41, 5.74) is 4.05. The monoisotopic (exact) mass is 428 g/mol. The van der Waals surface area contributed by atoms with Crippen LogP contribution in [0.25, 0.3) is 34.1 Å². The first-order valence-corrected chi connectivity index (χ1v) is 10.4. The number of furan rings is 1. The Morgan fingerprint density at radius 3 is 2.61 bits per heavy atom. The number of anilines is 1. The van der Waals surface area contributed by atoms with Gasteiger partial charge in [0.15, 0.2) is 5.76 Å². The number of aryl methyl sites for hydroxylation is 1. The van der Waals surface area contributed by atoms with Crippen molar-refractivity contribution in [2.24, 2.45) is 0 Å². The minimum absolute atomic E-state index is 0.237. The molecule has 3 aromatic heterocycles. The molecule has 1 N–H and O–H groups in total. The largest absolute Gasteiger partial charge is 0.459 e. The standard InChI is InChI=1S/C23H16N4O3S/c1-14-24-19(13-31-14)15-5-2-6-16(11-15)21-26-23(30-27-21)17-7-3-8-18(12-17)25-22(28)20-9-4-10-29-20/h2-13H,1H3,(H,25,28). The van der Waals surface area contributed by atoms with E-state index in [2.05, 4.69) is 20.4 Å². The van der Waals surface area contributed by atoms with E-state index in [-0.39, 0.29) is 11.7 Å². The maximum Gasteiger partial charge on any atom is 0.291 e. The van der Waals surface area contributed by atoms with E-state index >= 15 is 0 Å². The van der Waals surface area contributed by atoms with Crippen LogP contribution in [0.1, 0.15) is 15.6 Å². The minimum atomic E-state index is -0.331. The van der Waals surface area contributed by atoms with E-state index in [0.29, 0.717) is 23.0 Å². The van der Waals surface area contributed by atoms with E-state index in [4.69, 9.17) is 8.94 Å². The molecule has 0 aliphatic rings. The van der Waals surface area contributed by atoms with E-state index in [1.54, 1.807) is 35.6 Å². The number of rotatable bonds is 5. The second-order valence-corrected chi connectivity index (χ2v) is 7.83. The fourth-order valence-corrected chi connectivity index (χ4v) is 3.72. The molecule has 31 heavy (non-hydrogen) atoms. The third-order valence-electron chi connectivity index (χ3n) is 4.57. The maximum atomic E-state index is 12.2. The lowest BCUT2D eigenvalue weighted by atomic mass is 10.1. The fraction of sp³-hybridized carbons (Fsp3) is 0.0435. The Morgan fingerprint density at radius 1 is 0.968 bits per heavy atom. The molecule has 8 heteroatoms. The van der Waals surface area contributed by atoms with Crippen molar-refractivity contribution in [3.05, 3.63) is 83.1 Å². The lowest BCUT2D eigenvalue weighted by Crippen LogP contribution is -2.10. The van der Waals surface area contributed by atoms with Crippen LogP contribution in [0.5, 0.6) is 0 Å². The van der Waals surface area contributed by atoms with Gasteiger partial charge in [0.2, 0.25) is 5.82 Å². The number of benzene rings is 2. The Labute approximate surface area is 181 Å². The van der Waals surface area contributed by atoms with Crippen molar-refractivity contribution in [1.29, 1.82) is 0 Å². The third kappa shape index (κ3) is 4.01. The predicted octanol–water partition coefficient (Wildman–Crippen LogP) is 5.68. The average Bonchev–Trinajstić information content (AvgIpc) is 3.55. The molecule has 1 amide bonds. The lowest BCUT2D eigenvalue weighted by Gasteiger charge is -2.04. The normalized spacial score (nSPS) is 10.9. The zero-order valence-corrected chi connectivity index (χ0v) is 17.2. The minimum Gasteiger partial charge on any atom is -0.459 e. The molecule has 5 aromatic rings. The van der Waals surface area contributed by atoms with Crippen LogP contribution in [0.3, 0.4) is 0 Å². The molecule has 2 aromatic carbocycles. The van der Waals surface area contributed by atoms with Crippen LogP contribution < -0.4 is 5.32 Å². The van der Waals surface area contributed by atoms with Crippen molar-refractivity contribution < 1.29 is 13.7 Å². The van der Waals surface area contributed by atoms with Gasteiger partial charge in [-0.2, -0.15) is 4.98 Å². The number of aromatic nitrogens is 3. The summed E-state index contributed by atoms with van der Waals surface area (Å²) >= 11 is 1.61. The van der Waals surface area contributed by atoms with Crippen molar-refractivity contribution in [2.75, 3.05) is 5.32 Å². The summed E-state index contributed by atoms with van der Waals surface area (Å²) in [7, 11) is 0. The summed E-state index contributed by atoms with van der Waals surface area (Å²) in [6, 6.07) is 18.3. The molecule has 0 saturated carbocycles. The van der Waals surface area contributed by atoms with E-state index in [0.717, 1.165) is 21.8 Å². The second-order valence-electron chi connectivity index (χ2n) is 6.77. The summed E-state index contributed by atoms with van der Waals surface area (Å²) in [6.07, 6.45) is 1.45. The lowest BCUT2D eigenvalue weighted by molar-refractivity contribution is 0.0996. The number of amides is 1. The molecule has 0 fully saturated rings. The van der Waals surface area contributed by atoms with E-state index in [1.165, 1.54) is 6.26 Å². The molecular weight excluding hydrogens is 412 g/mol. The van der Waals surface area contributed by atoms with Crippen LogP contribution in [-0.4, -0.2) is 21.0 Å². The number of nitrogens with one attached hydrogen (secondary N) is 1. The molecule has 7 nitrogen and oxygen atoms in total. The summed E-state index contributed by atoms with van der Waals surface area (Å²) in [5.74, 6) is 0.746. The van der Waals surface area contributed by atoms with Crippen LogP contribution in [0, 0.1) is 6.92 Å². The van der Waals surface area contributed by atoms with Gasteiger partial charge in [0.1, 0.15) is 0 Å². The van der Waals surface area contributed by atoms with Crippen LogP contribution in [0.15, 0.2) is 81.2 Å². The first-order chi connectivity index (χ1) is 15.2. The first-order valence-electron chi connectivity index (χ1n) is 9.48. The summed E-state index contributed by atoms with van der Waals surface area (Å²) in [6.45, 7) is 1.98. The van der Waals surface area contributed by atoms with Gasteiger partial charge in [-0.1, -0.05) is 29.4 Å². The Hall–Kier alpha value is -4.04. The van der Waals surface area contributed by atoms with Crippen molar-refractivity contribution in [3.63, 3.8) is 0 Å². The van der Waals surface area contributed by atoms with Crippen LogP contribution in [0.4, 0.5) is 5.69 Å². The molecule has 0 atom stereocenters. The molecule has 0 unspecified atom stereocenters. The highest BCUT2D eigenvalue weighted by molar-refractivity contribution is 7.09. The highest BCUT2D eigenvalue weighted by Crippen LogP contribution is 2.28. The third-order valence-corrected chi connectivity index (χ3v) is 5.35. The first kappa shape index (κ1) is 19.0. The molecule has 0 bridgehead atoms. The summed E-state index contributed by atoms with van der Waals surface area (Å²) in [5, 5.41) is 9.96. The van der Waals surface area contributed by atoms with Crippen molar-refractivity contribution in [1.82, 2.24) is 15.1 Å². The number of thiazole rings is 1. The zero-order chi connectivity index (χ0) is 21.2. The van der Waals surface area contributed by atoms with Crippen molar-refractivity contribution in [3.8, 4) is 34.1 Å². The Balaban J connectivity index is 1.39. The average molecular weight is 428 g/mol. The summed E-state index contributed by atoms with van der Waals surface area (Å²) < 4.78 is 10.6. The van der Waals surface area contributed by atoms with Gasteiger partial charge in [0.05, 0.1) is 17.0 Å².